The first-order valence-corrected chi connectivity index (χ1v) is 7.00. The Balaban J connectivity index is 0.00000144. The Morgan fingerprint density at radius 3 is 2.57 bits per heavy atom. The Bertz CT molecular complexity index is 805. The van der Waals surface area contributed by atoms with Crippen molar-refractivity contribution in [2.75, 3.05) is 0 Å². The van der Waals surface area contributed by atoms with Gasteiger partial charge in [0.25, 0.3) is 0 Å². The fourth-order valence-electron chi connectivity index (χ4n) is 2.18. The first-order valence-electron chi connectivity index (χ1n) is 7.00. The van der Waals surface area contributed by atoms with E-state index in [4.69, 9.17) is 10.6 Å². The second kappa shape index (κ2) is 7.40. The summed E-state index contributed by atoms with van der Waals surface area (Å²) in [4.78, 5) is 4.58. The number of nitrogens with one attached hydrogen (secondary N) is 1. The highest BCUT2D eigenvalue weighted by molar-refractivity contribution is 5.78. The summed E-state index contributed by atoms with van der Waals surface area (Å²) in [5.41, 5.74) is 6.00. The predicted octanol–water partition coefficient (Wildman–Crippen LogP) is 3.66. The summed E-state index contributed by atoms with van der Waals surface area (Å²) < 4.78 is 5.77. The van der Waals surface area contributed by atoms with Gasteiger partial charge in [-0.3, -0.25) is 5.84 Å². The highest BCUT2D eigenvalue weighted by Gasteiger charge is 2.01. The largest absolute Gasteiger partial charge is 0.487 e. The second-order valence-corrected chi connectivity index (χ2v) is 4.93. The molecule has 23 heavy (non-hydrogen) atoms. The maximum Gasteiger partial charge on any atom is 0.130 e. The predicted molar refractivity (Wildman–Crippen MR) is 96.0 cm³/mol. The van der Waals surface area contributed by atoms with Crippen LogP contribution in [-0.4, -0.2) is 4.98 Å². The lowest BCUT2D eigenvalue weighted by Crippen LogP contribution is -2.18. The van der Waals surface area contributed by atoms with Gasteiger partial charge in [0.2, 0.25) is 0 Å². The summed E-state index contributed by atoms with van der Waals surface area (Å²) in [5.74, 6) is 6.11. The molecule has 3 aromatic rings. The topological polar surface area (TPSA) is 95.2 Å². The minimum Gasteiger partial charge on any atom is -0.487 e. The van der Waals surface area contributed by atoms with Crippen molar-refractivity contribution in [3.8, 4) is 5.75 Å². The third-order valence-corrected chi connectivity index (χ3v) is 3.42. The van der Waals surface area contributed by atoms with Crippen LogP contribution in [0.1, 0.15) is 12.7 Å². The maximum absolute atomic E-state index is 5.77. The molecule has 1 aromatic heterocycles. The molecule has 0 amide bonds. The van der Waals surface area contributed by atoms with E-state index in [1.54, 1.807) is 0 Å². The van der Waals surface area contributed by atoms with E-state index in [0.717, 1.165) is 27.9 Å². The van der Waals surface area contributed by atoms with Crippen LogP contribution in [0.25, 0.3) is 16.6 Å². The molecule has 1 heterocycles. The summed E-state index contributed by atoms with van der Waals surface area (Å²) >= 11 is 0. The monoisotopic (exact) mass is 310 g/mol. The molecule has 0 spiro atoms. The highest BCUT2D eigenvalue weighted by Crippen LogP contribution is 2.18. The number of pyridine rings is 1. The molecule has 5 nitrogen and oxygen atoms in total. The molecule has 0 aliphatic carbocycles. The highest BCUT2D eigenvalue weighted by atomic mass is 16.5. The number of para-hydroxylation sites is 1. The van der Waals surface area contributed by atoms with Gasteiger partial charge in [0.05, 0.1) is 11.2 Å². The van der Waals surface area contributed by atoms with Gasteiger partial charge in [-0.1, -0.05) is 30.8 Å². The van der Waals surface area contributed by atoms with Crippen molar-refractivity contribution in [2.24, 2.45) is 5.84 Å². The first kappa shape index (κ1) is 16.5. The summed E-state index contributed by atoms with van der Waals surface area (Å²) in [6.07, 6.45) is 0. The van der Waals surface area contributed by atoms with Crippen LogP contribution in [0.2, 0.25) is 0 Å². The molecule has 5 heteroatoms. The van der Waals surface area contributed by atoms with Crippen molar-refractivity contribution in [1.29, 1.82) is 0 Å². The third kappa shape index (κ3) is 3.85. The number of hydrogen-bond acceptors (Lipinski definition) is 5. The van der Waals surface area contributed by atoms with Gasteiger partial charge in [-0.15, -0.1) is 0 Å². The van der Waals surface area contributed by atoms with Crippen molar-refractivity contribution in [1.82, 2.24) is 16.6 Å². The lowest BCUT2D eigenvalue weighted by atomic mass is 10.2. The van der Waals surface area contributed by atoms with E-state index in [9.17, 15) is 0 Å². The van der Waals surface area contributed by atoms with E-state index in [1.807, 2.05) is 54.6 Å². The maximum atomic E-state index is 5.77. The van der Waals surface area contributed by atoms with Gasteiger partial charge in [-0.25, -0.2) is 4.98 Å². The SMILES string of the molecule is C=C(NN)c1ccc(OCc2ccc3ccccc3n2)cc1.N.[HH]. The number of fused-ring (bicyclic) bond motifs is 1. The molecule has 2 aromatic carbocycles. The molecule has 0 bridgehead atoms. The summed E-state index contributed by atoms with van der Waals surface area (Å²) in [6, 6.07) is 19.7. The van der Waals surface area contributed by atoms with E-state index < -0.39 is 0 Å². The summed E-state index contributed by atoms with van der Waals surface area (Å²) in [7, 11) is 0. The van der Waals surface area contributed by atoms with Crippen molar-refractivity contribution in [3.63, 3.8) is 0 Å². The van der Waals surface area contributed by atoms with Crippen LogP contribution in [-0.2, 0) is 6.61 Å². The number of ether oxygens (including phenoxy) is 1. The molecule has 120 valence electrons. The zero-order chi connectivity index (χ0) is 15.4. The summed E-state index contributed by atoms with van der Waals surface area (Å²) in [6.45, 7) is 4.24. The number of nitrogens with zero attached hydrogens (tertiary/aromatic N) is 1. The van der Waals surface area contributed by atoms with Crippen molar-refractivity contribution >= 4 is 16.6 Å². The van der Waals surface area contributed by atoms with Crippen molar-refractivity contribution in [3.05, 3.63) is 78.5 Å². The van der Waals surface area contributed by atoms with E-state index in [1.165, 1.54) is 0 Å². The zero-order valence-corrected chi connectivity index (χ0v) is 12.8. The van der Waals surface area contributed by atoms with Crippen LogP contribution in [0, 0.1) is 0 Å². The fourth-order valence-corrected chi connectivity index (χ4v) is 2.18. The number of aromatic nitrogens is 1. The Hall–Kier alpha value is -2.89. The number of benzene rings is 2. The van der Waals surface area contributed by atoms with Crippen LogP contribution in [0.3, 0.4) is 0 Å². The number of hydrogen-bond donors (Lipinski definition) is 3. The summed E-state index contributed by atoms with van der Waals surface area (Å²) in [5, 5.41) is 1.13. The minimum atomic E-state index is 0. The average molecular weight is 310 g/mol. The third-order valence-electron chi connectivity index (χ3n) is 3.42. The smallest absolute Gasteiger partial charge is 0.130 e. The van der Waals surface area contributed by atoms with Crippen LogP contribution in [0.5, 0.6) is 5.75 Å². The van der Waals surface area contributed by atoms with Crippen LogP contribution in [0.4, 0.5) is 0 Å². The molecule has 0 aliphatic rings. The van der Waals surface area contributed by atoms with Gasteiger partial charge in [0, 0.05) is 12.5 Å². The number of hydrazine groups is 1. The average Bonchev–Trinajstić information content (AvgIpc) is 2.59. The zero-order valence-electron chi connectivity index (χ0n) is 12.8. The number of rotatable bonds is 5. The number of nitrogens with two attached hydrogens (primary N) is 1. The molecule has 0 aliphatic heterocycles. The molecule has 0 saturated carbocycles. The van der Waals surface area contributed by atoms with Gasteiger partial charge in [-0.05, 0) is 42.0 Å². The van der Waals surface area contributed by atoms with Crippen molar-refractivity contribution < 1.29 is 6.16 Å². The molecule has 0 radical (unpaired) electrons. The Morgan fingerprint density at radius 2 is 1.83 bits per heavy atom. The molecule has 0 fully saturated rings. The molecule has 3 rings (SSSR count). The van der Waals surface area contributed by atoms with Crippen molar-refractivity contribution in [2.45, 2.75) is 6.61 Å². The van der Waals surface area contributed by atoms with Gasteiger partial charge in [0.1, 0.15) is 12.4 Å². The Labute approximate surface area is 136 Å². The van der Waals surface area contributed by atoms with Crippen LogP contribution in [0.15, 0.2) is 67.2 Å². The lowest BCUT2D eigenvalue weighted by molar-refractivity contribution is 0.302. The molecule has 0 atom stereocenters. The van der Waals surface area contributed by atoms with E-state index >= 15 is 0 Å². The van der Waals surface area contributed by atoms with Crippen LogP contribution >= 0.6 is 0 Å². The standard InChI is InChI=1S/C18H17N3O.H3N.H2/c1-13(21-19)14-7-10-17(11-8-14)22-12-16-9-6-15-4-2-3-5-18(15)20-16;;/h2-11,21H,1,12,19H2;1H3;1H. The van der Waals surface area contributed by atoms with Gasteiger partial charge < -0.3 is 16.3 Å². The molecule has 0 saturated heterocycles. The molecular formula is C18H22N4O. The van der Waals surface area contributed by atoms with Crippen LogP contribution < -0.4 is 22.2 Å². The Kier molecular flexibility index (Phi) is 5.30. The van der Waals surface area contributed by atoms with E-state index in [-0.39, 0.29) is 7.58 Å². The molecular weight excluding hydrogens is 288 g/mol. The van der Waals surface area contributed by atoms with Gasteiger partial charge in [-0.2, -0.15) is 0 Å². The quantitative estimate of drug-likeness (QED) is 0.494. The lowest BCUT2D eigenvalue weighted by Gasteiger charge is -2.08. The van der Waals surface area contributed by atoms with Gasteiger partial charge >= 0.3 is 0 Å². The van der Waals surface area contributed by atoms with Gasteiger partial charge in [0.15, 0.2) is 0 Å². The molecule has 6 N–H and O–H groups in total. The van der Waals surface area contributed by atoms with E-state index in [0.29, 0.717) is 12.3 Å². The fraction of sp³-hybridized carbons (Fsp3) is 0.0556. The first-order chi connectivity index (χ1) is 10.8. The minimum absolute atomic E-state index is 0. The normalized spacial score (nSPS) is 9.96. The van der Waals surface area contributed by atoms with E-state index in [2.05, 4.69) is 23.1 Å². The Morgan fingerprint density at radius 1 is 1.09 bits per heavy atom. The molecule has 0 unspecified atom stereocenters. The second-order valence-electron chi connectivity index (χ2n) is 4.93.